The smallest absolute Gasteiger partial charge is 0.130 e. The average Bonchev–Trinajstić information content (AvgIpc) is 2.83. The lowest BCUT2D eigenvalue weighted by Crippen LogP contribution is -2.14. The largest absolute Gasteiger partial charge is 0.392 e. The molecule has 0 fully saturated rings. The highest BCUT2D eigenvalue weighted by atomic mass is 35.5. The standard InChI is InChI=1S/C12H15ClN2OS/c1-8-11(12(13)15(2)14-8)6-10(16)5-9-3-4-17-7-9/h3-4,7,10,16H,5-6H2,1-2H3. The van der Waals surface area contributed by atoms with Crippen LogP contribution in [0.15, 0.2) is 16.8 Å². The minimum Gasteiger partial charge on any atom is -0.392 e. The predicted octanol–water partition coefficient (Wildman–Crippen LogP) is 2.59. The van der Waals surface area contributed by atoms with Crippen molar-refractivity contribution in [3.63, 3.8) is 0 Å². The highest BCUT2D eigenvalue weighted by molar-refractivity contribution is 7.07. The van der Waals surface area contributed by atoms with Crippen molar-refractivity contribution in [1.29, 1.82) is 0 Å². The second-order valence-corrected chi connectivity index (χ2v) is 5.31. The van der Waals surface area contributed by atoms with Crippen LogP contribution in [-0.2, 0) is 19.9 Å². The van der Waals surface area contributed by atoms with Gasteiger partial charge in [0.1, 0.15) is 5.15 Å². The van der Waals surface area contributed by atoms with Gasteiger partial charge in [-0.15, -0.1) is 0 Å². The Balaban J connectivity index is 2.05. The Morgan fingerprint density at radius 3 is 2.82 bits per heavy atom. The fourth-order valence-corrected chi connectivity index (χ4v) is 2.83. The van der Waals surface area contributed by atoms with E-state index < -0.39 is 6.10 Å². The van der Waals surface area contributed by atoms with Crippen molar-refractivity contribution in [2.75, 3.05) is 0 Å². The molecule has 0 saturated carbocycles. The highest BCUT2D eigenvalue weighted by Crippen LogP contribution is 2.21. The van der Waals surface area contributed by atoms with E-state index in [1.54, 1.807) is 16.0 Å². The summed E-state index contributed by atoms with van der Waals surface area (Å²) >= 11 is 7.78. The average molecular weight is 271 g/mol. The van der Waals surface area contributed by atoms with E-state index in [0.717, 1.165) is 11.3 Å². The zero-order chi connectivity index (χ0) is 12.4. The molecule has 0 aliphatic rings. The number of hydrogen-bond acceptors (Lipinski definition) is 3. The second-order valence-electron chi connectivity index (χ2n) is 4.17. The lowest BCUT2D eigenvalue weighted by Gasteiger charge is -2.09. The van der Waals surface area contributed by atoms with Crippen molar-refractivity contribution < 1.29 is 5.11 Å². The van der Waals surface area contributed by atoms with Crippen LogP contribution in [0.3, 0.4) is 0 Å². The molecule has 0 amide bonds. The Kier molecular flexibility index (Phi) is 3.86. The van der Waals surface area contributed by atoms with Gasteiger partial charge in [0.2, 0.25) is 0 Å². The first kappa shape index (κ1) is 12.6. The van der Waals surface area contributed by atoms with Crippen molar-refractivity contribution in [1.82, 2.24) is 9.78 Å². The van der Waals surface area contributed by atoms with Crippen LogP contribution in [0.4, 0.5) is 0 Å². The molecule has 0 spiro atoms. The zero-order valence-electron chi connectivity index (χ0n) is 9.85. The van der Waals surface area contributed by atoms with Crippen LogP contribution >= 0.6 is 22.9 Å². The molecular weight excluding hydrogens is 256 g/mol. The number of thiophene rings is 1. The van der Waals surface area contributed by atoms with Crippen LogP contribution in [0.2, 0.25) is 5.15 Å². The summed E-state index contributed by atoms with van der Waals surface area (Å²) in [4.78, 5) is 0. The van der Waals surface area contributed by atoms with Gasteiger partial charge in [0.05, 0.1) is 11.8 Å². The zero-order valence-corrected chi connectivity index (χ0v) is 11.4. The molecular formula is C12H15ClN2OS. The number of hydrogen-bond donors (Lipinski definition) is 1. The Hall–Kier alpha value is -0.840. The molecule has 0 radical (unpaired) electrons. The predicted molar refractivity (Wildman–Crippen MR) is 70.7 cm³/mol. The van der Waals surface area contributed by atoms with Crippen LogP contribution in [-0.4, -0.2) is 21.0 Å². The molecule has 0 aromatic carbocycles. The van der Waals surface area contributed by atoms with Crippen LogP contribution < -0.4 is 0 Å². The van der Waals surface area contributed by atoms with Gasteiger partial charge in [-0.1, -0.05) is 11.6 Å². The molecule has 2 aromatic heterocycles. The quantitative estimate of drug-likeness (QED) is 0.927. The molecule has 2 aromatic rings. The summed E-state index contributed by atoms with van der Waals surface area (Å²) in [5.41, 5.74) is 3.00. The van der Waals surface area contributed by atoms with Crippen LogP contribution in [0.25, 0.3) is 0 Å². The van der Waals surface area contributed by atoms with Crippen LogP contribution in [0, 0.1) is 6.92 Å². The van der Waals surface area contributed by atoms with E-state index >= 15 is 0 Å². The Bertz CT molecular complexity index is 493. The van der Waals surface area contributed by atoms with E-state index in [2.05, 4.69) is 10.5 Å². The van der Waals surface area contributed by atoms with Gasteiger partial charge in [-0.2, -0.15) is 16.4 Å². The summed E-state index contributed by atoms with van der Waals surface area (Å²) in [5.74, 6) is 0. The minimum atomic E-state index is -0.412. The highest BCUT2D eigenvalue weighted by Gasteiger charge is 2.15. The maximum Gasteiger partial charge on any atom is 0.130 e. The molecule has 1 atom stereocenters. The molecule has 5 heteroatoms. The lowest BCUT2D eigenvalue weighted by atomic mass is 10.0. The molecule has 0 aliphatic heterocycles. The third kappa shape index (κ3) is 2.89. The summed E-state index contributed by atoms with van der Waals surface area (Å²) < 4.78 is 1.64. The number of aliphatic hydroxyl groups is 1. The molecule has 1 unspecified atom stereocenters. The Morgan fingerprint density at radius 2 is 2.29 bits per heavy atom. The third-order valence-corrected chi connectivity index (χ3v) is 3.97. The minimum absolute atomic E-state index is 0.412. The van der Waals surface area contributed by atoms with Crippen molar-refractivity contribution in [2.45, 2.75) is 25.9 Å². The first-order valence-corrected chi connectivity index (χ1v) is 6.77. The monoisotopic (exact) mass is 270 g/mol. The van der Waals surface area contributed by atoms with Gasteiger partial charge >= 0.3 is 0 Å². The van der Waals surface area contributed by atoms with Crippen molar-refractivity contribution >= 4 is 22.9 Å². The number of aryl methyl sites for hydroxylation is 2. The summed E-state index contributed by atoms with van der Waals surface area (Å²) in [6.45, 7) is 1.92. The van der Waals surface area contributed by atoms with Gasteiger partial charge in [-0.3, -0.25) is 4.68 Å². The summed E-state index contributed by atoms with van der Waals surface area (Å²) in [7, 11) is 1.81. The van der Waals surface area contributed by atoms with E-state index in [1.165, 1.54) is 5.56 Å². The molecule has 0 saturated heterocycles. The van der Waals surface area contributed by atoms with E-state index in [0.29, 0.717) is 18.0 Å². The van der Waals surface area contributed by atoms with Gasteiger partial charge in [-0.25, -0.2) is 0 Å². The molecule has 1 N–H and O–H groups in total. The van der Waals surface area contributed by atoms with Crippen molar-refractivity contribution in [2.24, 2.45) is 7.05 Å². The summed E-state index contributed by atoms with van der Waals surface area (Å²) in [6, 6.07) is 2.03. The topological polar surface area (TPSA) is 38.0 Å². The molecule has 0 bridgehead atoms. The van der Waals surface area contributed by atoms with Gasteiger partial charge < -0.3 is 5.11 Å². The van der Waals surface area contributed by atoms with Gasteiger partial charge in [0.25, 0.3) is 0 Å². The van der Waals surface area contributed by atoms with E-state index in [-0.39, 0.29) is 0 Å². The van der Waals surface area contributed by atoms with Gasteiger partial charge in [-0.05, 0) is 35.7 Å². The fourth-order valence-electron chi connectivity index (χ4n) is 1.89. The fraction of sp³-hybridized carbons (Fsp3) is 0.417. The van der Waals surface area contributed by atoms with Crippen LogP contribution in [0.5, 0.6) is 0 Å². The first-order valence-electron chi connectivity index (χ1n) is 5.45. The maximum atomic E-state index is 10.0. The van der Waals surface area contributed by atoms with E-state index in [4.69, 9.17) is 11.6 Å². The molecule has 3 nitrogen and oxygen atoms in total. The number of aromatic nitrogens is 2. The number of aliphatic hydroxyl groups excluding tert-OH is 1. The van der Waals surface area contributed by atoms with Gasteiger partial charge in [0, 0.05) is 19.0 Å². The Morgan fingerprint density at radius 1 is 1.53 bits per heavy atom. The van der Waals surface area contributed by atoms with E-state index in [9.17, 15) is 5.11 Å². The number of nitrogens with zero attached hydrogens (tertiary/aromatic N) is 2. The molecule has 2 rings (SSSR count). The molecule has 0 aliphatic carbocycles. The molecule has 17 heavy (non-hydrogen) atoms. The third-order valence-electron chi connectivity index (χ3n) is 2.76. The summed E-state index contributed by atoms with van der Waals surface area (Å²) in [6.07, 6.45) is 0.799. The summed E-state index contributed by atoms with van der Waals surface area (Å²) in [5, 5.41) is 19.0. The number of rotatable bonds is 4. The lowest BCUT2D eigenvalue weighted by molar-refractivity contribution is 0.175. The van der Waals surface area contributed by atoms with Crippen molar-refractivity contribution in [3.05, 3.63) is 38.8 Å². The van der Waals surface area contributed by atoms with Crippen molar-refractivity contribution in [3.8, 4) is 0 Å². The Labute approximate surface area is 110 Å². The second kappa shape index (κ2) is 5.21. The normalized spacial score (nSPS) is 12.9. The SMILES string of the molecule is Cc1nn(C)c(Cl)c1CC(O)Cc1ccsc1. The first-order chi connectivity index (χ1) is 8.08. The van der Waals surface area contributed by atoms with Crippen LogP contribution in [0.1, 0.15) is 16.8 Å². The number of halogens is 1. The molecule has 2 heterocycles. The maximum absolute atomic E-state index is 10.0. The van der Waals surface area contributed by atoms with E-state index in [1.807, 2.05) is 25.4 Å². The van der Waals surface area contributed by atoms with Gasteiger partial charge in [0.15, 0.2) is 0 Å². The molecule has 92 valence electrons.